The molecule has 1 heterocycles. The summed E-state index contributed by atoms with van der Waals surface area (Å²) in [6, 6.07) is 7.90. The lowest BCUT2D eigenvalue weighted by Gasteiger charge is -2.05. The number of amides is 1. The molecule has 21 heavy (non-hydrogen) atoms. The fraction of sp³-hybridized carbons (Fsp3) is 0.375. The average Bonchev–Trinajstić information content (AvgIpc) is 2.74. The van der Waals surface area contributed by atoms with E-state index in [1.165, 1.54) is 18.4 Å². The maximum atomic E-state index is 12.2. The van der Waals surface area contributed by atoms with E-state index in [-0.39, 0.29) is 11.6 Å². The zero-order valence-electron chi connectivity index (χ0n) is 12.6. The second-order valence-corrected chi connectivity index (χ2v) is 5.50. The molecule has 0 aliphatic rings. The number of rotatable bonds is 5. The normalized spacial score (nSPS) is 10.7. The zero-order valence-corrected chi connectivity index (χ0v) is 13.4. The smallest absolute Gasteiger partial charge is 0.277 e. The van der Waals surface area contributed by atoms with E-state index in [9.17, 15) is 4.79 Å². The molecule has 0 bridgehead atoms. The molecule has 1 aromatic heterocycles. The Balaban J connectivity index is 2.07. The van der Waals surface area contributed by atoms with Crippen LogP contribution in [-0.4, -0.2) is 15.7 Å². The number of aryl methyl sites for hydroxylation is 2. The molecule has 0 aliphatic carbocycles. The molecule has 0 unspecified atom stereocenters. The first-order valence-electron chi connectivity index (χ1n) is 7.12. The van der Waals surface area contributed by atoms with Gasteiger partial charge in [-0.2, -0.15) is 5.10 Å². The van der Waals surface area contributed by atoms with E-state index in [2.05, 4.69) is 17.3 Å². The van der Waals surface area contributed by atoms with Crippen LogP contribution in [0.15, 0.2) is 24.3 Å². The third-order valence-electron chi connectivity index (χ3n) is 3.51. The minimum atomic E-state index is -0.287. The summed E-state index contributed by atoms with van der Waals surface area (Å²) in [6.45, 7) is 4.00. The molecule has 0 radical (unpaired) electrons. The Bertz CT molecular complexity index is 632. The van der Waals surface area contributed by atoms with Crippen LogP contribution in [0.5, 0.6) is 0 Å². The van der Waals surface area contributed by atoms with Crippen molar-refractivity contribution in [1.82, 2.24) is 9.78 Å². The maximum Gasteiger partial charge on any atom is 0.277 e. The van der Waals surface area contributed by atoms with Crippen LogP contribution in [0.2, 0.25) is 5.02 Å². The van der Waals surface area contributed by atoms with Gasteiger partial charge < -0.3 is 5.32 Å². The van der Waals surface area contributed by atoms with Gasteiger partial charge in [0.2, 0.25) is 0 Å². The van der Waals surface area contributed by atoms with Crippen LogP contribution >= 0.6 is 11.6 Å². The van der Waals surface area contributed by atoms with Crippen molar-refractivity contribution in [2.45, 2.75) is 33.1 Å². The molecule has 4 nitrogen and oxygen atoms in total. The van der Waals surface area contributed by atoms with Gasteiger partial charge in [-0.3, -0.25) is 9.48 Å². The number of aromatic nitrogens is 2. The van der Waals surface area contributed by atoms with Gasteiger partial charge in [-0.05, 0) is 37.5 Å². The Morgan fingerprint density at radius 3 is 2.52 bits per heavy atom. The number of carbonyl (C=O) groups excluding carboxylic acids is 1. The van der Waals surface area contributed by atoms with Crippen molar-refractivity contribution in [3.05, 3.63) is 46.2 Å². The molecule has 5 heteroatoms. The highest BCUT2D eigenvalue weighted by molar-refractivity contribution is 6.34. The van der Waals surface area contributed by atoms with Gasteiger partial charge in [0.25, 0.3) is 5.91 Å². The molecule has 0 fully saturated rings. The summed E-state index contributed by atoms with van der Waals surface area (Å²) in [5.74, 6) is -0.287. The lowest BCUT2D eigenvalue weighted by atomic mass is 10.1. The van der Waals surface area contributed by atoms with Gasteiger partial charge in [0.05, 0.1) is 10.7 Å². The summed E-state index contributed by atoms with van der Waals surface area (Å²) < 4.78 is 1.60. The lowest BCUT2D eigenvalue weighted by molar-refractivity contribution is 0.102. The highest BCUT2D eigenvalue weighted by atomic mass is 35.5. The number of hydrogen-bond acceptors (Lipinski definition) is 2. The third-order valence-corrected chi connectivity index (χ3v) is 3.96. The number of nitrogens with zero attached hydrogens (tertiary/aromatic N) is 2. The fourth-order valence-electron chi connectivity index (χ4n) is 2.05. The van der Waals surface area contributed by atoms with Crippen LogP contribution in [0.3, 0.4) is 0 Å². The fourth-order valence-corrected chi connectivity index (χ4v) is 2.30. The predicted molar refractivity (Wildman–Crippen MR) is 86.0 cm³/mol. The van der Waals surface area contributed by atoms with Crippen molar-refractivity contribution < 1.29 is 4.79 Å². The van der Waals surface area contributed by atoms with Crippen molar-refractivity contribution in [3.63, 3.8) is 0 Å². The third kappa shape index (κ3) is 3.64. The predicted octanol–water partition coefficient (Wildman–Crippen LogP) is 3.98. The second kappa shape index (κ2) is 6.76. The number of carbonyl (C=O) groups is 1. The van der Waals surface area contributed by atoms with E-state index < -0.39 is 0 Å². The van der Waals surface area contributed by atoms with E-state index in [0.29, 0.717) is 5.02 Å². The monoisotopic (exact) mass is 305 g/mol. The van der Waals surface area contributed by atoms with E-state index in [1.807, 2.05) is 31.2 Å². The Hall–Kier alpha value is -1.81. The Morgan fingerprint density at radius 1 is 1.33 bits per heavy atom. The highest BCUT2D eigenvalue weighted by Gasteiger charge is 2.18. The number of halogens is 1. The lowest BCUT2D eigenvalue weighted by Crippen LogP contribution is -2.13. The van der Waals surface area contributed by atoms with Gasteiger partial charge in [-0.15, -0.1) is 0 Å². The van der Waals surface area contributed by atoms with Gasteiger partial charge in [0.15, 0.2) is 5.69 Å². The first kappa shape index (κ1) is 15.6. The Morgan fingerprint density at radius 2 is 2.00 bits per heavy atom. The molecule has 2 aromatic rings. The molecule has 0 aliphatic heterocycles. The second-order valence-electron chi connectivity index (χ2n) is 5.13. The van der Waals surface area contributed by atoms with Crippen molar-refractivity contribution >= 4 is 23.2 Å². The topological polar surface area (TPSA) is 46.9 Å². The average molecular weight is 306 g/mol. The van der Waals surface area contributed by atoms with Crippen molar-refractivity contribution in [1.29, 1.82) is 0 Å². The van der Waals surface area contributed by atoms with Crippen LogP contribution < -0.4 is 5.32 Å². The SMILES string of the molecule is CCCCc1ccc(NC(=O)c2nn(C)c(C)c2Cl)cc1. The molecule has 0 saturated heterocycles. The first-order valence-corrected chi connectivity index (χ1v) is 7.50. The minimum Gasteiger partial charge on any atom is -0.321 e. The highest BCUT2D eigenvalue weighted by Crippen LogP contribution is 2.20. The van der Waals surface area contributed by atoms with Crippen LogP contribution in [0, 0.1) is 6.92 Å². The summed E-state index contributed by atoms with van der Waals surface area (Å²) in [5.41, 5.74) is 3.06. The number of hydrogen-bond donors (Lipinski definition) is 1. The maximum absolute atomic E-state index is 12.2. The van der Waals surface area contributed by atoms with Gasteiger partial charge in [-0.1, -0.05) is 37.1 Å². The summed E-state index contributed by atoms with van der Waals surface area (Å²) in [7, 11) is 1.76. The summed E-state index contributed by atoms with van der Waals surface area (Å²) in [6.07, 6.45) is 3.42. The van der Waals surface area contributed by atoms with Crippen LogP contribution in [0.4, 0.5) is 5.69 Å². The van der Waals surface area contributed by atoms with Crippen molar-refractivity contribution in [2.24, 2.45) is 7.05 Å². The minimum absolute atomic E-state index is 0.256. The molecule has 0 saturated carbocycles. The standard InChI is InChI=1S/C16H20ClN3O/c1-4-5-6-12-7-9-13(10-8-12)18-16(21)15-14(17)11(2)20(3)19-15/h7-10H,4-6H2,1-3H3,(H,18,21). The zero-order chi connectivity index (χ0) is 15.4. The van der Waals surface area contributed by atoms with Crippen molar-refractivity contribution in [2.75, 3.05) is 5.32 Å². The van der Waals surface area contributed by atoms with Gasteiger partial charge >= 0.3 is 0 Å². The van der Waals surface area contributed by atoms with Crippen molar-refractivity contribution in [3.8, 4) is 0 Å². The van der Waals surface area contributed by atoms with Crippen LogP contribution in [-0.2, 0) is 13.5 Å². The van der Waals surface area contributed by atoms with Crippen LogP contribution in [0.1, 0.15) is 41.5 Å². The Labute approximate surface area is 130 Å². The molecule has 1 N–H and O–H groups in total. The summed E-state index contributed by atoms with van der Waals surface area (Å²) in [5, 5.41) is 7.36. The number of nitrogens with one attached hydrogen (secondary N) is 1. The molecule has 0 atom stereocenters. The molecular formula is C16H20ClN3O. The molecule has 1 amide bonds. The van der Waals surface area contributed by atoms with Gasteiger partial charge in [0.1, 0.15) is 0 Å². The largest absolute Gasteiger partial charge is 0.321 e. The molecule has 2 rings (SSSR count). The number of benzene rings is 1. The van der Waals surface area contributed by atoms with Gasteiger partial charge in [-0.25, -0.2) is 0 Å². The Kier molecular flexibility index (Phi) is 5.02. The molecular weight excluding hydrogens is 286 g/mol. The van der Waals surface area contributed by atoms with Crippen LogP contribution in [0.25, 0.3) is 0 Å². The summed E-state index contributed by atoms with van der Waals surface area (Å²) in [4.78, 5) is 12.2. The van der Waals surface area contributed by atoms with Gasteiger partial charge in [0, 0.05) is 12.7 Å². The summed E-state index contributed by atoms with van der Waals surface area (Å²) >= 11 is 6.11. The van der Waals surface area contributed by atoms with E-state index in [4.69, 9.17) is 11.6 Å². The van der Waals surface area contributed by atoms with E-state index >= 15 is 0 Å². The quantitative estimate of drug-likeness (QED) is 0.908. The number of anilines is 1. The molecule has 1 aromatic carbocycles. The van der Waals surface area contributed by atoms with E-state index in [1.54, 1.807) is 11.7 Å². The first-order chi connectivity index (χ1) is 10.0. The molecule has 0 spiro atoms. The van der Waals surface area contributed by atoms with E-state index in [0.717, 1.165) is 17.8 Å². The number of unbranched alkanes of at least 4 members (excludes halogenated alkanes) is 1. The molecule has 112 valence electrons.